The molecule has 33 heavy (non-hydrogen) atoms. The van der Waals surface area contributed by atoms with E-state index < -0.39 is 18.5 Å². The second kappa shape index (κ2) is 8.78. The van der Waals surface area contributed by atoms with Gasteiger partial charge in [0.05, 0.1) is 11.4 Å². The van der Waals surface area contributed by atoms with Crippen LogP contribution in [-0.4, -0.2) is 33.4 Å². The molecule has 1 aromatic heterocycles. The van der Waals surface area contributed by atoms with E-state index in [0.717, 1.165) is 22.2 Å². The van der Waals surface area contributed by atoms with Crippen LogP contribution in [0.3, 0.4) is 0 Å². The van der Waals surface area contributed by atoms with E-state index in [1.54, 1.807) is 10.7 Å². The summed E-state index contributed by atoms with van der Waals surface area (Å²) < 4.78 is 6.82. The third-order valence-corrected chi connectivity index (χ3v) is 5.16. The lowest BCUT2D eigenvalue weighted by Crippen LogP contribution is -2.22. The number of benzene rings is 3. The molecule has 0 aliphatic heterocycles. The quantitative estimate of drug-likeness (QED) is 0.431. The smallest absolute Gasteiger partial charge is 0.342 e. The number of hydrogen-bond donors (Lipinski definition) is 2. The van der Waals surface area contributed by atoms with Crippen molar-refractivity contribution in [3.63, 3.8) is 0 Å². The van der Waals surface area contributed by atoms with Crippen LogP contribution in [0.2, 0.25) is 0 Å². The number of carbonyl (C=O) groups excluding carboxylic acids is 2. The molecule has 0 unspecified atom stereocenters. The van der Waals surface area contributed by atoms with Crippen molar-refractivity contribution in [2.45, 2.75) is 26.2 Å². The zero-order valence-corrected chi connectivity index (χ0v) is 18.7. The van der Waals surface area contributed by atoms with Crippen molar-refractivity contribution >= 4 is 28.5 Å². The average Bonchev–Trinajstić information content (AvgIpc) is 3.22. The van der Waals surface area contributed by atoms with Gasteiger partial charge >= 0.3 is 5.97 Å². The third kappa shape index (κ3) is 4.87. The molecule has 0 atom stereocenters. The summed E-state index contributed by atoms with van der Waals surface area (Å²) in [6, 6.07) is 21.6. The molecule has 2 N–H and O–H groups in total. The molecule has 3 aromatic carbocycles. The van der Waals surface area contributed by atoms with Gasteiger partial charge in [0.1, 0.15) is 17.1 Å². The first-order valence-corrected chi connectivity index (χ1v) is 10.6. The molecule has 7 nitrogen and oxygen atoms in total. The van der Waals surface area contributed by atoms with Crippen molar-refractivity contribution in [1.29, 1.82) is 0 Å². The lowest BCUT2D eigenvalue weighted by Gasteiger charge is -2.14. The number of para-hydroxylation sites is 1. The number of carbonyl (C=O) groups is 2. The van der Waals surface area contributed by atoms with Crippen molar-refractivity contribution in [2.24, 2.45) is 0 Å². The first-order chi connectivity index (χ1) is 15.7. The van der Waals surface area contributed by atoms with Gasteiger partial charge in [0.15, 0.2) is 6.61 Å². The lowest BCUT2D eigenvalue weighted by molar-refractivity contribution is -0.119. The van der Waals surface area contributed by atoms with E-state index in [-0.39, 0.29) is 16.7 Å². The molecule has 1 amide bonds. The Hall–Kier alpha value is -4.13. The van der Waals surface area contributed by atoms with Crippen LogP contribution in [-0.2, 0) is 14.9 Å². The summed E-state index contributed by atoms with van der Waals surface area (Å²) in [5.41, 5.74) is 1.38. The first-order valence-electron chi connectivity index (χ1n) is 10.6. The highest BCUT2D eigenvalue weighted by molar-refractivity contribution is 6.00. The molecular weight excluding hydrogens is 418 g/mol. The molecule has 4 rings (SSSR count). The van der Waals surface area contributed by atoms with Gasteiger partial charge < -0.3 is 15.2 Å². The normalized spacial score (nSPS) is 11.4. The zero-order chi connectivity index (χ0) is 23.6. The van der Waals surface area contributed by atoms with Crippen LogP contribution in [0.15, 0.2) is 72.8 Å². The number of esters is 1. The lowest BCUT2D eigenvalue weighted by atomic mass is 9.92. The van der Waals surface area contributed by atoms with Crippen molar-refractivity contribution in [3.05, 3.63) is 84.1 Å². The largest absolute Gasteiger partial charge is 0.507 e. The predicted molar refractivity (Wildman–Crippen MR) is 127 cm³/mol. The summed E-state index contributed by atoms with van der Waals surface area (Å²) in [6.45, 7) is 5.60. The molecule has 0 aliphatic carbocycles. The van der Waals surface area contributed by atoms with Crippen LogP contribution in [0, 0.1) is 0 Å². The maximum Gasteiger partial charge on any atom is 0.342 e. The number of nitrogens with zero attached hydrogens (tertiary/aromatic N) is 2. The minimum Gasteiger partial charge on any atom is -0.507 e. The van der Waals surface area contributed by atoms with E-state index in [4.69, 9.17) is 4.74 Å². The number of ether oxygens (including phenoxy) is 1. The molecule has 7 heteroatoms. The maximum atomic E-state index is 12.6. The Morgan fingerprint density at radius 2 is 1.61 bits per heavy atom. The van der Waals surface area contributed by atoms with E-state index in [1.807, 2.05) is 81.4 Å². The summed E-state index contributed by atoms with van der Waals surface area (Å²) in [5, 5.41) is 19.2. The number of anilines is 1. The predicted octanol–water partition coefficient (Wildman–Crippen LogP) is 4.82. The van der Waals surface area contributed by atoms with Crippen molar-refractivity contribution in [2.75, 3.05) is 11.9 Å². The zero-order valence-electron chi connectivity index (χ0n) is 18.7. The summed E-state index contributed by atoms with van der Waals surface area (Å²) in [4.78, 5) is 25.1. The SMILES string of the molecule is CC(C)(C)c1cc(NC(=O)COC(=O)c2cc3ccccc3cc2O)n(-c2ccccc2)n1. The molecular formula is C26H25N3O4. The second-order valence-electron chi connectivity index (χ2n) is 8.75. The number of amides is 1. The number of aromatic hydroxyl groups is 1. The monoisotopic (exact) mass is 443 g/mol. The molecule has 0 fully saturated rings. The van der Waals surface area contributed by atoms with Gasteiger partial charge in [-0.2, -0.15) is 5.10 Å². The van der Waals surface area contributed by atoms with E-state index in [0.29, 0.717) is 5.82 Å². The molecule has 0 saturated carbocycles. The Balaban J connectivity index is 1.50. The van der Waals surface area contributed by atoms with Gasteiger partial charge in [-0.3, -0.25) is 4.79 Å². The van der Waals surface area contributed by atoms with Crippen LogP contribution in [0.25, 0.3) is 16.5 Å². The molecule has 0 radical (unpaired) electrons. The second-order valence-corrected chi connectivity index (χ2v) is 8.75. The third-order valence-electron chi connectivity index (χ3n) is 5.16. The highest BCUT2D eigenvalue weighted by Gasteiger charge is 2.22. The van der Waals surface area contributed by atoms with E-state index in [9.17, 15) is 14.7 Å². The Kier molecular flexibility index (Phi) is 5.87. The summed E-state index contributed by atoms with van der Waals surface area (Å²) in [7, 11) is 0. The van der Waals surface area contributed by atoms with Gasteiger partial charge in [-0.15, -0.1) is 0 Å². The number of nitrogens with one attached hydrogen (secondary N) is 1. The van der Waals surface area contributed by atoms with E-state index in [2.05, 4.69) is 10.4 Å². The number of fused-ring (bicyclic) bond motifs is 1. The van der Waals surface area contributed by atoms with Crippen LogP contribution in [0.4, 0.5) is 5.82 Å². The van der Waals surface area contributed by atoms with Gasteiger partial charge in [0.25, 0.3) is 5.91 Å². The van der Waals surface area contributed by atoms with Gasteiger partial charge in [0, 0.05) is 11.5 Å². The Labute approximate surface area is 191 Å². The van der Waals surface area contributed by atoms with Crippen LogP contribution in [0.5, 0.6) is 5.75 Å². The molecule has 1 heterocycles. The van der Waals surface area contributed by atoms with Crippen LogP contribution < -0.4 is 5.32 Å². The van der Waals surface area contributed by atoms with Gasteiger partial charge in [-0.05, 0) is 35.0 Å². The average molecular weight is 444 g/mol. The minimum atomic E-state index is -0.777. The molecule has 0 bridgehead atoms. The molecule has 0 aliphatic rings. The summed E-state index contributed by atoms with van der Waals surface area (Å²) in [6.07, 6.45) is 0. The Morgan fingerprint density at radius 1 is 0.970 bits per heavy atom. The van der Waals surface area contributed by atoms with Crippen molar-refractivity contribution < 1.29 is 19.4 Å². The number of phenolic OH excluding ortho intramolecular Hbond substituents is 1. The summed E-state index contributed by atoms with van der Waals surface area (Å²) >= 11 is 0. The van der Waals surface area contributed by atoms with Crippen LogP contribution >= 0.6 is 0 Å². The molecule has 4 aromatic rings. The number of rotatable bonds is 5. The van der Waals surface area contributed by atoms with Crippen molar-refractivity contribution in [3.8, 4) is 11.4 Å². The number of phenols is 1. The minimum absolute atomic E-state index is 0.00541. The highest BCUT2D eigenvalue weighted by atomic mass is 16.5. The van der Waals surface area contributed by atoms with Gasteiger partial charge in [-0.25, -0.2) is 9.48 Å². The Morgan fingerprint density at radius 3 is 2.27 bits per heavy atom. The fraction of sp³-hybridized carbons (Fsp3) is 0.192. The van der Waals surface area contributed by atoms with Crippen LogP contribution in [0.1, 0.15) is 36.8 Å². The van der Waals surface area contributed by atoms with Gasteiger partial charge in [0.2, 0.25) is 0 Å². The van der Waals surface area contributed by atoms with Crippen molar-refractivity contribution in [1.82, 2.24) is 9.78 Å². The van der Waals surface area contributed by atoms with E-state index >= 15 is 0 Å². The summed E-state index contributed by atoms with van der Waals surface area (Å²) in [5.74, 6) is -1.02. The topological polar surface area (TPSA) is 93.5 Å². The molecule has 0 spiro atoms. The molecule has 168 valence electrons. The first kappa shape index (κ1) is 22.1. The highest BCUT2D eigenvalue weighted by Crippen LogP contribution is 2.27. The molecule has 0 saturated heterocycles. The van der Waals surface area contributed by atoms with Gasteiger partial charge in [-0.1, -0.05) is 63.2 Å². The van der Waals surface area contributed by atoms with E-state index in [1.165, 1.54) is 6.07 Å². The Bertz CT molecular complexity index is 1320. The standard InChI is InChI=1S/C26H25N3O4/c1-26(2,3)22-15-23(29(28-22)19-11-5-4-6-12-19)27-24(31)16-33-25(32)20-13-17-9-7-8-10-18(17)14-21(20)30/h4-15,30H,16H2,1-3H3,(H,27,31). The maximum absolute atomic E-state index is 12.6. The fourth-order valence-corrected chi connectivity index (χ4v) is 3.38. The number of aromatic nitrogens is 2. The number of hydrogen-bond acceptors (Lipinski definition) is 5. The fourth-order valence-electron chi connectivity index (χ4n) is 3.38.